The normalized spacial score (nSPS) is 13.6. The second kappa shape index (κ2) is 10.5. The maximum atomic E-state index is 11.3. The number of amides is 1. The number of carboxylic acids is 1. The molecule has 0 rings (SSSR count). The van der Waals surface area contributed by atoms with E-state index in [0.717, 1.165) is 24.6 Å². The van der Waals surface area contributed by atoms with Crippen molar-refractivity contribution in [2.45, 2.75) is 47.5 Å². The molecule has 0 aromatic rings. The van der Waals surface area contributed by atoms with Gasteiger partial charge in [-0.3, -0.25) is 4.79 Å². The van der Waals surface area contributed by atoms with E-state index < -0.39 is 12.1 Å². The summed E-state index contributed by atoms with van der Waals surface area (Å²) in [5, 5.41) is 8.74. The molecule has 128 valence electrons. The molecule has 0 aliphatic carbocycles. The second-order valence-electron chi connectivity index (χ2n) is 6.27. The molecule has 0 heterocycles. The van der Waals surface area contributed by atoms with Gasteiger partial charge in [0.25, 0.3) is 5.23 Å². The van der Waals surface area contributed by atoms with Crippen molar-refractivity contribution in [3.05, 3.63) is 0 Å². The molecule has 0 bridgehead atoms. The smallest absolute Gasteiger partial charge is 0.437 e. The average Bonchev–Trinajstić information content (AvgIpc) is 2.33. The number of aliphatic imine (C=N–C) groups is 1. The highest BCUT2D eigenvalue weighted by Crippen LogP contribution is 2.26. The predicted octanol–water partition coefficient (Wildman–Crippen LogP) is 3.80. The molecule has 1 N–H and O–H groups in total. The van der Waals surface area contributed by atoms with Crippen LogP contribution >= 0.6 is 11.8 Å². The minimum Gasteiger partial charge on any atom is -0.481 e. The van der Waals surface area contributed by atoms with Gasteiger partial charge >= 0.3 is 12.1 Å². The number of rotatable bonds is 7. The molecular formula is C15H27NO5S. The average molecular weight is 333 g/mol. The second-order valence-corrected chi connectivity index (χ2v) is 7.19. The molecule has 0 aliphatic rings. The van der Waals surface area contributed by atoms with E-state index in [1.54, 1.807) is 6.92 Å². The fraction of sp³-hybridized carbons (Fsp3) is 0.800. The highest BCUT2D eigenvalue weighted by molar-refractivity contribution is 8.14. The van der Waals surface area contributed by atoms with Crippen molar-refractivity contribution >= 4 is 29.1 Å². The first kappa shape index (κ1) is 20.8. The number of thioether (sulfide) groups is 1. The Morgan fingerprint density at radius 3 is 2.41 bits per heavy atom. The third-order valence-electron chi connectivity index (χ3n) is 2.57. The van der Waals surface area contributed by atoms with Crippen LogP contribution < -0.4 is 0 Å². The fourth-order valence-corrected chi connectivity index (χ4v) is 2.51. The van der Waals surface area contributed by atoms with Gasteiger partial charge in [-0.1, -0.05) is 39.5 Å². The van der Waals surface area contributed by atoms with Crippen molar-refractivity contribution in [1.29, 1.82) is 0 Å². The quantitative estimate of drug-likeness (QED) is 0.563. The number of carbonyl (C=O) groups is 2. The molecule has 0 aliphatic heterocycles. The van der Waals surface area contributed by atoms with E-state index in [0.29, 0.717) is 12.5 Å². The molecule has 0 aromatic carbocycles. The molecule has 0 radical (unpaired) electrons. The van der Waals surface area contributed by atoms with E-state index in [4.69, 9.17) is 14.6 Å². The molecule has 22 heavy (non-hydrogen) atoms. The van der Waals surface area contributed by atoms with Crippen LogP contribution in [0.25, 0.3) is 0 Å². The molecule has 6 nitrogen and oxygen atoms in total. The van der Waals surface area contributed by atoms with Crippen molar-refractivity contribution < 1.29 is 24.2 Å². The molecule has 0 saturated carbocycles. The zero-order valence-electron chi connectivity index (χ0n) is 14.0. The Hall–Kier alpha value is -1.24. The van der Waals surface area contributed by atoms with E-state index >= 15 is 0 Å². The standard InChI is InChI=1S/C15H27NO5S/c1-6-20-13(19)16-14(22-10-12(17)18)21-8-7-11(2)9-15(3,4)5/h11H,6-10H2,1-5H3,(H,17,18)/b16-14+. The van der Waals surface area contributed by atoms with Gasteiger partial charge in [-0.2, -0.15) is 0 Å². The van der Waals surface area contributed by atoms with Gasteiger partial charge in [0.1, 0.15) is 5.75 Å². The lowest BCUT2D eigenvalue weighted by atomic mass is 9.84. The van der Waals surface area contributed by atoms with Gasteiger partial charge in [0, 0.05) is 0 Å². The van der Waals surface area contributed by atoms with E-state index in [1.165, 1.54) is 0 Å². The van der Waals surface area contributed by atoms with E-state index in [1.807, 2.05) is 0 Å². The first-order valence-corrected chi connectivity index (χ1v) is 8.35. The van der Waals surface area contributed by atoms with Crippen molar-refractivity contribution in [3.8, 4) is 0 Å². The number of carbonyl (C=O) groups excluding carboxylic acids is 1. The minimum atomic E-state index is -0.994. The van der Waals surface area contributed by atoms with Crippen molar-refractivity contribution in [2.75, 3.05) is 19.0 Å². The molecule has 0 spiro atoms. The summed E-state index contributed by atoms with van der Waals surface area (Å²) in [5.74, 6) is -0.741. The number of aliphatic carboxylic acids is 1. The van der Waals surface area contributed by atoms with Gasteiger partial charge in [-0.05, 0) is 31.1 Å². The van der Waals surface area contributed by atoms with Crippen molar-refractivity contribution in [3.63, 3.8) is 0 Å². The third-order valence-corrected chi connectivity index (χ3v) is 3.41. The molecule has 0 fully saturated rings. The van der Waals surface area contributed by atoms with Crippen molar-refractivity contribution in [2.24, 2.45) is 16.3 Å². The van der Waals surface area contributed by atoms with E-state index in [-0.39, 0.29) is 23.0 Å². The SMILES string of the molecule is CCOC(=O)/N=C(\OCCC(C)CC(C)(C)C)SCC(=O)O. The maximum Gasteiger partial charge on any atom is 0.437 e. The summed E-state index contributed by atoms with van der Waals surface area (Å²) >= 11 is 0.876. The number of hydrogen-bond donors (Lipinski definition) is 1. The minimum absolute atomic E-state index is 0.0452. The Labute approximate surface area is 136 Å². The summed E-state index contributed by atoms with van der Waals surface area (Å²) < 4.78 is 10.1. The van der Waals surface area contributed by atoms with Crippen LogP contribution in [-0.2, 0) is 14.3 Å². The third kappa shape index (κ3) is 12.5. The highest BCUT2D eigenvalue weighted by atomic mass is 32.2. The summed E-state index contributed by atoms with van der Waals surface area (Å²) in [7, 11) is 0. The van der Waals surface area contributed by atoms with Gasteiger partial charge in [0.05, 0.1) is 13.2 Å². The summed E-state index contributed by atoms with van der Waals surface area (Å²) in [6.45, 7) is 11.0. The molecule has 0 aromatic heterocycles. The molecule has 1 atom stereocenters. The molecule has 1 unspecified atom stereocenters. The van der Waals surface area contributed by atoms with Crippen LogP contribution in [0.4, 0.5) is 4.79 Å². The Morgan fingerprint density at radius 2 is 1.91 bits per heavy atom. The van der Waals surface area contributed by atoms with Gasteiger partial charge in [0.2, 0.25) is 0 Å². The van der Waals surface area contributed by atoms with Gasteiger partial charge in [-0.25, -0.2) is 4.79 Å². The lowest BCUT2D eigenvalue weighted by Crippen LogP contribution is -2.15. The van der Waals surface area contributed by atoms with Gasteiger partial charge in [0.15, 0.2) is 0 Å². The van der Waals surface area contributed by atoms with Gasteiger partial charge < -0.3 is 14.6 Å². The lowest BCUT2D eigenvalue weighted by molar-refractivity contribution is -0.133. The van der Waals surface area contributed by atoms with E-state index in [2.05, 4.69) is 32.7 Å². The lowest BCUT2D eigenvalue weighted by Gasteiger charge is -2.23. The molecular weight excluding hydrogens is 306 g/mol. The van der Waals surface area contributed by atoms with Crippen LogP contribution in [0.5, 0.6) is 0 Å². The van der Waals surface area contributed by atoms with Crippen LogP contribution in [0.15, 0.2) is 4.99 Å². The first-order chi connectivity index (χ1) is 10.1. The predicted molar refractivity (Wildman–Crippen MR) is 88.4 cm³/mol. The summed E-state index contributed by atoms with van der Waals surface area (Å²) in [5.41, 5.74) is 0.249. The maximum absolute atomic E-state index is 11.3. The van der Waals surface area contributed by atoms with Crippen LogP contribution in [0.2, 0.25) is 0 Å². The fourth-order valence-electron chi connectivity index (χ4n) is 1.95. The monoisotopic (exact) mass is 333 g/mol. The van der Waals surface area contributed by atoms with E-state index in [9.17, 15) is 9.59 Å². The number of ether oxygens (including phenoxy) is 2. The zero-order chi connectivity index (χ0) is 17.2. The van der Waals surface area contributed by atoms with Crippen LogP contribution in [-0.4, -0.2) is 41.4 Å². The van der Waals surface area contributed by atoms with Crippen molar-refractivity contribution in [1.82, 2.24) is 0 Å². The first-order valence-electron chi connectivity index (χ1n) is 7.37. The summed E-state index contributed by atoms with van der Waals surface area (Å²) in [6.07, 6.45) is 1.11. The highest BCUT2D eigenvalue weighted by Gasteiger charge is 2.16. The number of carboxylic acid groups (broad SMARTS) is 1. The topological polar surface area (TPSA) is 85.2 Å². The molecule has 7 heteroatoms. The Kier molecular flexibility index (Phi) is 9.89. The zero-order valence-corrected chi connectivity index (χ0v) is 14.9. The Morgan fingerprint density at radius 1 is 1.27 bits per heavy atom. The van der Waals surface area contributed by atoms with Crippen LogP contribution in [0.3, 0.4) is 0 Å². The molecule has 0 saturated heterocycles. The summed E-state index contributed by atoms with van der Waals surface area (Å²) in [6, 6.07) is 0. The molecule has 1 amide bonds. The number of nitrogens with zero attached hydrogens (tertiary/aromatic N) is 1. The van der Waals surface area contributed by atoms with Crippen LogP contribution in [0, 0.1) is 11.3 Å². The Balaban J connectivity index is 4.39. The number of hydrogen-bond acceptors (Lipinski definition) is 5. The van der Waals surface area contributed by atoms with Gasteiger partial charge in [-0.15, -0.1) is 4.99 Å². The largest absolute Gasteiger partial charge is 0.481 e. The Bertz CT molecular complexity index is 390. The summed E-state index contributed by atoms with van der Waals surface area (Å²) in [4.78, 5) is 25.6. The van der Waals surface area contributed by atoms with Crippen LogP contribution in [0.1, 0.15) is 47.5 Å².